The standard InChI is InChI=1S/C12H15FN2/c1-2-3-7-15-12(9-14)10-5-4-6-11(13)8-10/h4-6,8,12,15H,2-3,7H2,1H3. The first kappa shape index (κ1) is 11.7. The average molecular weight is 206 g/mol. The summed E-state index contributed by atoms with van der Waals surface area (Å²) in [6, 6.07) is 7.87. The van der Waals surface area contributed by atoms with Gasteiger partial charge in [0.05, 0.1) is 6.07 Å². The molecule has 1 aromatic carbocycles. The molecule has 0 spiro atoms. The quantitative estimate of drug-likeness (QED) is 0.752. The van der Waals surface area contributed by atoms with Crippen molar-refractivity contribution >= 4 is 0 Å². The fraction of sp³-hybridized carbons (Fsp3) is 0.417. The Morgan fingerprint density at radius 1 is 1.53 bits per heavy atom. The van der Waals surface area contributed by atoms with Gasteiger partial charge in [0.2, 0.25) is 0 Å². The molecule has 0 saturated heterocycles. The van der Waals surface area contributed by atoms with Gasteiger partial charge in [-0.1, -0.05) is 25.5 Å². The second-order valence-electron chi connectivity index (χ2n) is 3.42. The molecule has 0 fully saturated rings. The van der Waals surface area contributed by atoms with E-state index in [-0.39, 0.29) is 5.82 Å². The molecule has 0 heterocycles. The number of nitrogens with zero attached hydrogens (tertiary/aromatic N) is 1. The van der Waals surface area contributed by atoms with E-state index in [4.69, 9.17) is 5.26 Å². The second-order valence-corrected chi connectivity index (χ2v) is 3.42. The van der Waals surface area contributed by atoms with Gasteiger partial charge in [0, 0.05) is 0 Å². The fourth-order valence-electron chi connectivity index (χ4n) is 1.35. The fourth-order valence-corrected chi connectivity index (χ4v) is 1.35. The van der Waals surface area contributed by atoms with Crippen molar-refractivity contribution in [3.8, 4) is 6.07 Å². The van der Waals surface area contributed by atoms with Gasteiger partial charge in [0.15, 0.2) is 0 Å². The summed E-state index contributed by atoms with van der Waals surface area (Å²) in [5.41, 5.74) is 0.689. The Kier molecular flexibility index (Phi) is 4.79. The second kappa shape index (κ2) is 6.15. The van der Waals surface area contributed by atoms with Crippen LogP contribution in [-0.2, 0) is 0 Å². The van der Waals surface area contributed by atoms with Gasteiger partial charge >= 0.3 is 0 Å². The number of benzene rings is 1. The summed E-state index contributed by atoms with van der Waals surface area (Å²) in [5.74, 6) is -0.301. The predicted octanol–water partition coefficient (Wildman–Crippen LogP) is 2.78. The summed E-state index contributed by atoms with van der Waals surface area (Å²) in [6.45, 7) is 2.87. The minimum absolute atomic E-state index is 0.301. The van der Waals surface area contributed by atoms with E-state index >= 15 is 0 Å². The van der Waals surface area contributed by atoms with E-state index in [1.54, 1.807) is 12.1 Å². The molecular formula is C12H15FN2. The molecule has 3 heteroatoms. The van der Waals surface area contributed by atoms with Gasteiger partial charge < -0.3 is 0 Å². The van der Waals surface area contributed by atoms with E-state index in [0.29, 0.717) is 5.56 Å². The highest BCUT2D eigenvalue weighted by molar-refractivity contribution is 5.24. The molecule has 0 radical (unpaired) electrons. The Bertz CT molecular complexity index is 344. The number of rotatable bonds is 5. The zero-order valence-corrected chi connectivity index (χ0v) is 8.83. The molecular weight excluding hydrogens is 191 g/mol. The van der Waals surface area contributed by atoms with E-state index < -0.39 is 6.04 Å². The number of hydrogen-bond acceptors (Lipinski definition) is 2. The molecule has 1 N–H and O–H groups in total. The Labute approximate surface area is 89.7 Å². The van der Waals surface area contributed by atoms with Crippen molar-refractivity contribution in [3.05, 3.63) is 35.6 Å². The van der Waals surface area contributed by atoms with Crippen LogP contribution in [0.5, 0.6) is 0 Å². The van der Waals surface area contributed by atoms with Gasteiger partial charge in [-0.15, -0.1) is 0 Å². The SMILES string of the molecule is CCCCNC(C#N)c1cccc(F)c1. The number of unbranched alkanes of at least 4 members (excludes halogenated alkanes) is 1. The lowest BCUT2D eigenvalue weighted by molar-refractivity contribution is 0.587. The van der Waals surface area contributed by atoms with Crippen molar-refractivity contribution < 1.29 is 4.39 Å². The molecule has 0 aliphatic heterocycles. The van der Waals surface area contributed by atoms with Gasteiger partial charge in [-0.25, -0.2) is 4.39 Å². The smallest absolute Gasteiger partial charge is 0.123 e. The van der Waals surface area contributed by atoms with Crippen molar-refractivity contribution in [1.82, 2.24) is 5.32 Å². The summed E-state index contributed by atoms with van der Waals surface area (Å²) < 4.78 is 12.9. The normalized spacial score (nSPS) is 12.1. The number of halogens is 1. The van der Waals surface area contributed by atoms with Crippen molar-refractivity contribution in [2.45, 2.75) is 25.8 Å². The molecule has 0 amide bonds. The summed E-state index contributed by atoms with van der Waals surface area (Å²) in [6.07, 6.45) is 2.10. The summed E-state index contributed by atoms with van der Waals surface area (Å²) >= 11 is 0. The van der Waals surface area contributed by atoms with E-state index in [1.807, 2.05) is 0 Å². The molecule has 0 aromatic heterocycles. The van der Waals surface area contributed by atoms with Gasteiger partial charge in [0.1, 0.15) is 11.9 Å². The molecule has 1 atom stereocenters. The van der Waals surface area contributed by atoms with Crippen molar-refractivity contribution in [1.29, 1.82) is 5.26 Å². The monoisotopic (exact) mass is 206 g/mol. The van der Waals surface area contributed by atoms with Crippen LogP contribution in [0.4, 0.5) is 4.39 Å². The largest absolute Gasteiger partial charge is 0.298 e. The third-order valence-electron chi connectivity index (χ3n) is 2.19. The maximum absolute atomic E-state index is 12.9. The Hall–Kier alpha value is -1.40. The Balaban J connectivity index is 2.63. The first-order valence-electron chi connectivity index (χ1n) is 5.16. The zero-order chi connectivity index (χ0) is 11.1. The number of nitriles is 1. The lowest BCUT2D eigenvalue weighted by Crippen LogP contribution is -2.21. The van der Waals surface area contributed by atoms with Crippen LogP contribution >= 0.6 is 0 Å². The van der Waals surface area contributed by atoms with Crippen LogP contribution < -0.4 is 5.32 Å². The van der Waals surface area contributed by atoms with Gasteiger partial charge in [-0.2, -0.15) is 5.26 Å². The highest BCUT2D eigenvalue weighted by Gasteiger charge is 2.09. The molecule has 1 aromatic rings. The van der Waals surface area contributed by atoms with E-state index in [9.17, 15) is 4.39 Å². The molecule has 2 nitrogen and oxygen atoms in total. The molecule has 1 unspecified atom stereocenters. The van der Waals surface area contributed by atoms with E-state index in [1.165, 1.54) is 12.1 Å². The lowest BCUT2D eigenvalue weighted by Gasteiger charge is -2.11. The van der Waals surface area contributed by atoms with Gasteiger partial charge in [0.25, 0.3) is 0 Å². The Morgan fingerprint density at radius 3 is 2.93 bits per heavy atom. The topological polar surface area (TPSA) is 35.8 Å². The molecule has 0 saturated carbocycles. The summed E-state index contributed by atoms with van der Waals surface area (Å²) in [5, 5.41) is 12.0. The maximum atomic E-state index is 12.9. The van der Waals surface area contributed by atoms with Crippen LogP contribution in [0.25, 0.3) is 0 Å². The van der Waals surface area contributed by atoms with E-state index in [0.717, 1.165) is 19.4 Å². The van der Waals surface area contributed by atoms with E-state index in [2.05, 4.69) is 18.3 Å². The first-order chi connectivity index (χ1) is 7.27. The van der Waals surface area contributed by atoms with Crippen LogP contribution in [0.2, 0.25) is 0 Å². The molecule has 1 rings (SSSR count). The highest BCUT2D eigenvalue weighted by Crippen LogP contribution is 2.13. The van der Waals surface area contributed by atoms with Crippen LogP contribution in [0, 0.1) is 17.1 Å². The average Bonchev–Trinajstić information content (AvgIpc) is 2.24. The minimum Gasteiger partial charge on any atom is -0.298 e. The van der Waals surface area contributed by atoms with Crippen LogP contribution in [-0.4, -0.2) is 6.54 Å². The molecule has 0 bridgehead atoms. The van der Waals surface area contributed by atoms with Gasteiger partial charge in [-0.05, 0) is 30.7 Å². The number of hydrogen-bond donors (Lipinski definition) is 1. The number of nitrogens with one attached hydrogen (secondary N) is 1. The summed E-state index contributed by atoms with van der Waals surface area (Å²) in [4.78, 5) is 0. The predicted molar refractivity (Wildman–Crippen MR) is 57.7 cm³/mol. The molecule has 80 valence electrons. The van der Waals surface area contributed by atoms with Crippen molar-refractivity contribution in [2.24, 2.45) is 0 Å². The van der Waals surface area contributed by atoms with Gasteiger partial charge in [-0.3, -0.25) is 5.32 Å². The van der Waals surface area contributed by atoms with Crippen LogP contribution in [0.15, 0.2) is 24.3 Å². The van der Waals surface area contributed by atoms with Crippen LogP contribution in [0.3, 0.4) is 0 Å². The minimum atomic E-state index is -0.410. The third-order valence-corrected chi connectivity index (χ3v) is 2.19. The maximum Gasteiger partial charge on any atom is 0.123 e. The zero-order valence-electron chi connectivity index (χ0n) is 8.83. The molecule has 0 aliphatic rings. The molecule has 0 aliphatic carbocycles. The van der Waals surface area contributed by atoms with Crippen LogP contribution in [0.1, 0.15) is 31.4 Å². The van der Waals surface area contributed by atoms with Crippen molar-refractivity contribution in [2.75, 3.05) is 6.54 Å². The van der Waals surface area contributed by atoms with Crippen molar-refractivity contribution in [3.63, 3.8) is 0 Å². The first-order valence-corrected chi connectivity index (χ1v) is 5.16. The summed E-state index contributed by atoms with van der Waals surface area (Å²) in [7, 11) is 0. The Morgan fingerprint density at radius 2 is 2.33 bits per heavy atom. The molecule has 15 heavy (non-hydrogen) atoms. The third kappa shape index (κ3) is 3.69. The highest BCUT2D eigenvalue weighted by atomic mass is 19.1. The lowest BCUT2D eigenvalue weighted by atomic mass is 10.1.